The molecule has 0 aliphatic rings. The molecule has 0 heterocycles. The van der Waals surface area contributed by atoms with Crippen molar-refractivity contribution < 1.29 is 9.47 Å². The van der Waals surface area contributed by atoms with Crippen molar-refractivity contribution >= 4 is 15.9 Å². The predicted molar refractivity (Wildman–Crippen MR) is 92.0 cm³/mol. The van der Waals surface area contributed by atoms with Gasteiger partial charge in [0.05, 0.1) is 6.61 Å². The highest BCUT2D eigenvalue weighted by Gasteiger charge is 2.11. The number of nitrogens with one attached hydrogen (secondary N) is 1. The lowest BCUT2D eigenvalue weighted by Gasteiger charge is -2.18. The molecular weight excluding hydrogens is 330 g/mol. The third-order valence-corrected chi connectivity index (χ3v) is 3.57. The van der Waals surface area contributed by atoms with Gasteiger partial charge in [-0.2, -0.15) is 0 Å². The van der Waals surface area contributed by atoms with E-state index in [0.29, 0.717) is 19.1 Å². The lowest BCUT2D eigenvalue weighted by molar-refractivity contribution is 0.0815. The maximum absolute atomic E-state index is 5.91. The minimum Gasteiger partial charge on any atom is -0.491 e. The number of hydrogen-bond acceptors (Lipinski definition) is 3. The van der Waals surface area contributed by atoms with E-state index in [2.05, 4.69) is 61.1 Å². The fourth-order valence-corrected chi connectivity index (χ4v) is 2.33. The first kappa shape index (κ1) is 18.5. The van der Waals surface area contributed by atoms with Crippen molar-refractivity contribution in [1.82, 2.24) is 5.32 Å². The largest absolute Gasteiger partial charge is 0.491 e. The Bertz CT molecular complexity index is 410. The van der Waals surface area contributed by atoms with Crippen LogP contribution in [0.3, 0.4) is 0 Å². The monoisotopic (exact) mass is 357 g/mol. The standard InChI is InChI=1S/C17H28BrNO2/c1-5-8-19-14(4)16-7-6-15(18)11-17(16)21-10-9-20-12-13(2)3/h6-7,11,13-14,19H,5,8-10,12H2,1-4H3. The molecular formula is C17H28BrNO2. The summed E-state index contributed by atoms with van der Waals surface area (Å²) in [6, 6.07) is 6.48. The van der Waals surface area contributed by atoms with E-state index in [1.807, 2.05) is 6.07 Å². The zero-order valence-corrected chi connectivity index (χ0v) is 15.2. The SMILES string of the molecule is CCCNC(C)c1ccc(Br)cc1OCCOCC(C)C. The van der Waals surface area contributed by atoms with Gasteiger partial charge >= 0.3 is 0 Å². The Morgan fingerprint density at radius 2 is 1.95 bits per heavy atom. The quantitative estimate of drug-likeness (QED) is 0.622. The summed E-state index contributed by atoms with van der Waals surface area (Å²) in [4.78, 5) is 0. The highest BCUT2D eigenvalue weighted by atomic mass is 79.9. The van der Waals surface area contributed by atoms with Crippen molar-refractivity contribution in [3.8, 4) is 5.75 Å². The van der Waals surface area contributed by atoms with Gasteiger partial charge in [0.2, 0.25) is 0 Å². The van der Waals surface area contributed by atoms with E-state index < -0.39 is 0 Å². The summed E-state index contributed by atoms with van der Waals surface area (Å²) in [5, 5.41) is 3.50. The summed E-state index contributed by atoms with van der Waals surface area (Å²) in [6.07, 6.45) is 1.13. The van der Waals surface area contributed by atoms with E-state index in [1.165, 1.54) is 5.56 Å². The lowest BCUT2D eigenvalue weighted by Crippen LogP contribution is -2.20. The minimum absolute atomic E-state index is 0.282. The molecule has 4 heteroatoms. The molecule has 0 bridgehead atoms. The van der Waals surface area contributed by atoms with Gasteiger partial charge in [0.1, 0.15) is 12.4 Å². The van der Waals surface area contributed by atoms with Crippen LogP contribution in [0.15, 0.2) is 22.7 Å². The second kappa shape index (κ2) is 10.2. The average molecular weight is 358 g/mol. The molecule has 0 aromatic heterocycles. The summed E-state index contributed by atoms with van der Waals surface area (Å²) in [5.41, 5.74) is 1.19. The topological polar surface area (TPSA) is 30.5 Å². The molecule has 0 spiro atoms. The van der Waals surface area contributed by atoms with E-state index in [4.69, 9.17) is 9.47 Å². The smallest absolute Gasteiger partial charge is 0.125 e. The Morgan fingerprint density at radius 3 is 2.62 bits per heavy atom. The van der Waals surface area contributed by atoms with Crippen molar-refractivity contribution in [3.63, 3.8) is 0 Å². The third-order valence-electron chi connectivity index (χ3n) is 3.08. The van der Waals surface area contributed by atoms with Gasteiger partial charge < -0.3 is 14.8 Å². The van der Waals surface area contributed by atoms with Crippen LogP contribution in [-0.4, -0.2) is 26.4 Å². The number of hydrogen-bond donors (Lipinski definition) is 1. The maximum Gasteiger partial charge on any atom is 0.125 e. The van der Waals surface area contributed by atoms with Gasteiger partial charge in [-0.05, 0) is 37.9 Å². The third kappa shape index (κ3) is 7.30. The van der Waals surface area contributed by atoms with Crippen LogP contribution < -0.4 is 10.1 Å². The van der Waals surface area contributed by atoms with E-state index in [9.17, 15) is 0 Å². The molecule has 1 aromatic rings. The molecule has 3 nitrogen and oxygen atoms in total. The Hall–Kier alpha value is -0.580. The first-order valence-electron chi connectivity index (χ1n) is 7.78. The van der Waals surface area contributed by atoms with Crippen molar-refractivity contribution in [1.29, 1.82) is 0 Å². The number of halogens is 1. The number of ether oxygens (including phenoxy) is 2. The van der Waals surface area contributed by atoms with Crippen LogP contribution in [0.5, 0.6) is 5.75 Å². The second-order valence-corrected chi connectivity index (χ2v) is 6.59. The molecule has 1 unspecified atom stereocenters. The summed E-state index contributed by atoms with van der Waals surface area (Å²) in [7, 11) is 0. The number of rotatable bonds is 10. The van der Waals surface area contributed by atoms with E-state index >= 15 is 0 Å². The van der Waals surface area contributed by atoms with Crippen molar-refractivity contribution in [2.45, 2.75) is 40.2 Å². The molecule has 0 aliphatic heterocycles. The molecule has 1 N–H and O–H groups in total. The fraction of sp³-hybridized carbons (Fsp3) is 0.647. The molecule has 1 aromatic carbocycles. The molecule has 0 saturated carbocycles. The van der Waals surface area contributed by atoms with E-state index in [1.54, 1.807) is 0 Å². The Labute approximate surface area is 137 Å². The summed E-state index contributed by atoms with van der Waals surface area (Å²) in [5.74, 6) is 1.48. The van der Waals surface area contributed by atoms with Crippen molar-refractivity contribution in [3.05, 3.63) is 28.2 Å². The van der Waals surface area contributed by atoms with Gasteiger partial charge in [-0.25, -0.2) is 0 Å². The minimum atomic E-state index is 0.282. The van der Waals surface area contributed by atoms with Gasteiger partial charge in [-0.3, -0.25) is 0 Å². The average Bonchev–Trinajstić information content (AvgIpc) is 2.44. The first-order chi connectivity index (χ1) is 10.0. The van der Waals surface area contributed by atoms with Crippen LogP contribution in [0.25, 0.3) is 0 Å². The van der Waals surface area contributed by atoms with E-state index in [-0.39, 0.29) is 6.04 Å². The zero-order chi connectivity index (χ0) is 15.7. The lowest BCUT2D eigenvalue weighted by atomic mass is 10.1. The highest BCUT2D eigenvalue weighted by molar-refractivity contribution is 9.10. The summed E-state index contributed by atoms with van der Waals surface area (Å²) < 4.78 is 12.5. The van der Waals surface area contributed by atoms with Crippen LogP contribution in [-0.2, 0) is 4.74 Å². The first-order valence-corrected chi connectivity index (χ1v) is 8.57. The summed E-state index contributed by atoms with van der Waals surface area (Å²) >= 11 is 3.51. The molecule has 0 radical (unpaired) electrons. The molecule has 1 atom stereocenters. The van der Waals surface area contributed by atoms with Crippen LogP contribution in [0, 0.1) is 5.92 Å². The molecule has 1 rings (SSSR count). The predicted octanol–water partition coefficient (Wildman–Crippen LogP) is 4.56. The van der Waals surface area contributed by atoms with Gasteiger partial charge in [-0.1, -0.05) is 42.8 Å². The number of benzene rings is 1. The van der Waals surface area contributed by atoms with Crippen molar-refractivity contribution in [2.24, 2.45) is 5.92 Å². The fourth-order valence-electron chi connectivity index (χ4n) is 1.99. The van der Waals surface area contributed by atoms with Crippen LogP contribution in [0.4, 0.5) is 0 Å². The Morgan fingerprint density at radius 1 is 1.19 bits per heavy atom. The van der Waals surface area contributed by atoms with Gasteiger partial charge in [0, 0.05) is 22.7 Å². The molecule has 0 fully saturated rings. The normalized spacial score (nSPS) is 12.7. The van der Waals surface area contributed by atoms with Crippen molar-refractivity contribution in [2.75, 3.05) is 26.4 Å². The molecule has 0 saturated heterocycles. The molecule has 21 heavy (non-hydrogen) atoms. The van der Waals surface area contributed by atoms with Crippen LogP contribution in [0.1, 0.15) is 45.7 Å². The van der Waals surface area contributed by atoms with Gasteiger partial charge in [-0.15, -0.1) is 0 Å². The second-order valence-electron chi connectivity index (χ2n) is 5.68. The molecule has 0 amide bonds. The molecule has 0 aliphatic carbocycles. The van der Waals surface area contributed by atoms with Crippen LogP contribution in [0.2, 0.25) is 0 Å². The van der Waals surface area contributed by atoms with Gasteiger partial charge in [0.15, 0.2) is 0 Å². The Kier molecular flexibility index (Phi) is 8.97. The molecule has 120 valence electrons. The Balaban J connectivity index is 2.56. The van der Waals surface area contributed by atoms with Gasteiger partial charge in [0.25, 0.3) is 0 Å². The zero-order valence-electron chi connectivity index (χ0n) is 13.6. The maximum atomic E-state index is 5.91. The van der Waals surface area contributed by atoms with Crippen LogP contribution >= 0.6 is 15.9 Å². The summed E-state index contributed by atoms with van der Waals surface area (Å²) in [6.45, 7) is 11.6. The van der Waals surface area contributed by atoms with E-state index in [0.717, 1.165) is 29.8 Å². The highest BCUT2D eigenvalue weighted by Crippen LogP contribution is 2.28.